The van der Waals surface area contributed by atoms with E-state index in [-0.39, 0.29) is 0 Å². The monoisotopic (exact) mass is 290 g/mol. The van der Waals surface area contributed by atoms with Crippen LogP contribution in [0.4, 0.5) is 0 Å². The van der Waals surface area contributed by atoms with Crippen molar-refractivity contribution in [3.8, 4) is 11.5 Å². The van der Waals surface area contributed by atoms with Gasteiger partial charge < -0.3 is 14.0 Å². The van der Waals surface area contributed by atoms with Gasteiger partial charge in [0.25, 0.3) is 0 Å². The van der Waals surface area contributed by atoms with Crippen molar-refractivity contribution in [2.24, 2.45) is 0 Å². The zero-order valence-electron chi connectivity index (χ0n) is 11.8. The molecule has 0 aliphatic heterocycles. The molecule has 2 aromatic rings. The Morgan fingerprint density at radius 2 is 1.10 bits per heavy atom. The largest absolute Gasteiger partial charge is 0.494 e. The molecule has 0 aliphatic carbocycles. The Bertz CT molecular complexity index is 510. The molecule has 0 saturated heterocycles. The first kappa shape index (κ1) is 14.7. The van der Waals surface area contributed by atoms with Crippen molar-refractivity contribution >= 4 is 18.4 Å². The number of ether oxygens (including phenoxy) is 2. The highest BCUT2D eigenvalue weighted by Crippen LogP contribution is 2.22. The highest BCUT2D eigenvalue weighted by molar-refractivity contribution is 7.61. The summed E-state index contributed by atoms with van der Waals surface area (Å²) in [6.45, 7) is 5.15. The fourth-order valence-corrected chi connectivity index (χ4v) is 3.18. The van der Waals surface area contributed by atoms with Gasteiger partial charge in [0, 0.05) is 10.6 Å². The number of hydrogen-bond acceptors (Lipinski definition) is 3. The van der Waals surface area contributed by atoms with Crippen molar-refractivity contribution < 1.29 is 14.0 Å². The van der Waals surface area contributed by atoms with Crippen molar-refractivity contribution in [1.82, 2.24) is 0 Å². The van der Waals surface area contributed by atoms with E-state index in [1.165, 1.54) is 0 Å². The Kier molecular flexibility index (Phi) is 5.25. The van der Waals surface area contributed by atoms with E-state index in [0.29, 0.717) is 13.2 Å². The van der Waals surface area contributed by atoms with Gasteiger partial charge in [-0.15, -0.1) is 0 Å². The van der Waals surface area contributed by atoms with E-state index in [0.717, 1.165) is 22.1 Å². The molecule has 0 bridgehead atoms. The third-order valence-electron chi connectivity index (χ3n) is 2.86. The summed E-state index contributed by atoms with van der Waals surface area (Å²) in [7, 11) is -1.97. The Balaban J connectivity index is 2.13. The predicted octanol–water partition coefficient (Wildman–Crippen LogP) is 2.99. The van der Waals surface area contributed by atoms with Gasteiger partial charge in [0.15, 0.2) is 0 Å². The minimum Gasteiger partial charge on any atom is -0.494 e. The van der Waals surface area contributed by atoms with E-state index in [4.69, 9.17) is 9.47 Å². The summed E-state index contributed by atoms with van der Waals surface area (Å²) in [6, 6.07) is 14.9. The van der Waals surface area contributed by atoms with Crippen molar-refractivity contribution in [2.45, 2.75) is 13.8 Å². The van der Waals surface area contributed by atoms with Crippen LogP contribution < -0.4 is 20.1 Å². The fourth-order valence-electron chi connectivity index (χ4n) is 1.91. The predicted molar refractivity (Wildman–Crippen MR) is 83.5 cm³/mol. The SMILES string of the molecule is CCOc1ccc([PH](=O)c2ccc(OCC)cc2)cc1. The van der Waals surface area contributed by atoms with E-state index in [1.807, 2.05) is 62.4 Å². The number of rotatable bonds is 6. The third-order valence-corrected chi connectivity index (χ3v) is 4.57. The molecule has 20 heavy (non-hydrogen) atoms. The smallest absolute Gasteiger partial charge is 0.131 e. The molecule has 0 N–H and O–H groups in total. The average Bonchev–Trinajstić information content (AvgIpc) is 2.49. The summed E-state index contributed by atoms with van der Waals surface area (Å²) in [5.41, 5.74) is 0. The quantitative estimate of drug-likeness (QED) is 0.767. The van der Waals surface area contributed by atoms with Crippen LogP contribution in [0.2, 0.25) is 0 Å². The molecule has 0 unspecified atom stereocenters. The van der Waals surface area contributed by atoms with Gasteiger partial charge in [-0.25, -0.2) is 0 Å². The molecule has 0 atom stereocenters. The molecule has 0 aromatic heterocycles. The lowest BCUT2D eigenvalue weighted by Crippen LogP contribution is -2.06. The van der Waals surface area contributed by atoms with Crippen LogP contribution in [0.25, 0.3) is 0 Å². The van der Waals surface area contributed by atoms with Gasteiger partial charge in [0.2, 0.25) is 0 Å². The molecule has 3 nitrogen and oxygen atoms in total. The lowest BCUT2D eigenvalue weighted by molar-refractivity contribution is 0.340. The maximum atomic E-state index is 12.5. The highest BCUT2D eigenvalue weighted by atomic mass is 31.1. The van der Waals surface area contributed by atoms with Gasteiger partial charge in [-0.3, -0.25) is 0 Å². The van der Waals surface area contributed by atoms with E-state index < -0.39 is 7.80 Å². The molecule has 4 heteroatoms. The second-order valence-electron chi connectivity index (χ2n) is 4.24. The van der Waals surface area contributed by atoms with Crippen molar-refractivity contribution in [1.29, 1.82) is 0 Å². The van der Waals surface area contributed by atoms with Crippen LogP contribution in [-0.2, 0) is 4.57 Å². The Morgan fingerprint density at radius 1 is 0.750 bits per heavy atom. The lowest BCUT2D eigenvalue weighted by Gasteiger charge is -2.07. The Labute approximate surface area is 120 Å². The zero-order chi connectivity index (χ0) is 14.4. The maximum absolute atomic E-state index is 12.5. The standard InChI is InChI=1S/C16H19O3P/c1-3-18-13-5-9-15(10-6-13)20(17)16-11-7-14(8-12-16)19-4-2/h5-12,20H,3-4H2,1-2H3. The van der Waals surface area contributed by atoms with Crippen LogP contribution in [0.1, 0.15) is 13.8 Å². The Morgan fingerprint density at radius 3 is 1.40 bits per heavy atom. The molecule has 0 spiro atoms. The molecule has 0 fully saturated rings. The van der Waals surface area contributed by atoms with E-state index in [1.54, 1.807) is 0 Å². The first-order valence-corrected chi connectivity index (χ1v) is 8.15. The molecular formula is C16H19O3P. The van der Waals surface area contributed by atoms with Gasteiger partial charge in [-0.1, -0.05) is 0 Å². The second kappa shape index (κ2) is 7.16. The summed E-state index contributed by atoms with van der Waals surface area (Å²) in [6.07, 6.45) is 0. The van der Waals surface area contributed by atoms with Crippen LogP contribution in [0.15, 0.2) is 48.5 Å². The molecule has 0 amide bonds. The van der Waals surface area contributed by atoms with Crippen LogP contribution >= 0.6 is 7.80 Å². The van der Waals surface area contributed by atoms with E-state index in [2.05, 4.69) is 0 Å². The summed E-state index contributed by atoms with van der Waals surface area (Å²) in [5.74, 6) is 1.61. The normalized spacial score (nSPS) is 10.6. The first-order valence-electron chi connectivity index (χ1n) is 6.75. The summed E-state index contributed by atoms with van der Waals surface area (Å²) >= 11 is 0. The highest BCUT2D eigenvalue weighted by Gasteiger charge is 2.07. The summed E-state index contributed by atoms with van der Waals surface area (Å²) in [5, 5.41) is 1.67. The maximum Gasteiger partial charge on any atom is 0.131 e. The van der Waals surface area contributed by atoms with Crippen LogP contribution in [-0.4, -0.2) is 13.2 Å². The molecule has 0 heterocycles. The fraction of sp³-hybridized carbons (Fsp3) is 0.250. The van der Waals surface area contributed by atoms with Gasteiger partial charge in [0.05, 0.1) is 13.2 Å². The minimum atomic E-state index is -1.97. The molecule has 106 valence electrons. The number of hydrogen-bond donors (Lipinski definition) is 0. The first-order chi connectivity index (χ1) is 9.74. The molecule has 0 saturated carbocycles. The molecule has 2 rings (SSSR count). The second-order valence-corrected chi connectivity index (χ2v) is 6.06. The Hall–Kier alpha value is -1.73. The van der Waals surface area contributed by atoms with Gasteiger partial charge in [-0.2, -0.15) is 0 Å². The summed E-state index contributed by atoms with van der Waals surface area (Å²) < 4.78 is 23.3. The van der Waals surface area contributed by atoms with Crippen molar-refractivity contribution in [3.63, 3.8) is 0 Å². The molecule has 0 aliphatic rings. The van der Waals surface area contributed by atoms with Crippen LogP contribution in [0.5, 0.6) is 11.5 Å². The third kappa shape index (κ3) is 3.64. The van der Waals surface area contributed by atoms with Crippen molar-refractivity contribution in [3.05, 3.63) is 48.5 Å². The minimum absolute atomic E-state index is 0.632. The van der Waals surface area contributed by atoms with Crippen molar-refractivity contribution in [2.75, 3.05) is 13.2 Å². The summed E-state index contributed by atoms with van der Waals surface area (Å²) in [4.78, 5) is 0. The van der Waals surface area contributed by atoms with E-state index >= 15 is 0 Å². The van der Waals surface area contributed by atoms with Gasteiger partial charge >= 0.3 is 0 Å². The zero-order valence-corrected chi connectivity index (χ0v) is 12.8. The molecule has 2 aromatic carbocycles. The van der Waals surface area contributed by atoms with Gasteiger partial charge in [-0.05, 0) is 62.4 Å². The molecule has 0 radical (unpaired) electrons. The van der Waals surface area contributed by atoms with E-state index in [9.17, 15) is 4.57 Å². The van der Waals surface area contributed by atoms with Gasteiger partial charge in [0.1, 0.15) is 19.3 Å². The topological polar surface area (TPSA) is 35.5 Å². The molecular weight excluding hydrogens is 271 g/mol. The van der Waals surface area contributed by atoms with Crippen LogP contribution in [0.3, 0.4) is 0 Å². The lowest BCUT2D eigenvalue weighted by atomic mass is 10.3. The average molecular weight is 290 g/mol. The number of benzene rings is 2. The van der Waals surface area contributed by atoms with Crippen LogP contribution in [0, 0.1) is 0 Å².